The maximum absolute atomic E-state index is 16.9. The predicted molar refractivity (Wildman–Crippen MR) is 214 cm³/mol. The Morgan fingerprint density at radius 1 is 0.948 bits per heavy atom. The number of ether oxygens (including phenoxy) is 2. The molecule has 4 N–H and O–H groups in total. The van der Waals surface area contributed by atoms with E-state index in [4.69, 9.17) is 32.7 Å². The Morgan fingerprint density at radius 2 is 1.60 bits per heavy atom. The Kier molecular flexibility index (Phi) is 13.0. The quantitative estimate of drug-likeness (QED) is 0.0575. The van der Waals surface area contributed by atoms with Gasteiger partial charge in [0.05, 0.1) is 56.9 Å². The molecule has 1 saturated carbocycles. The van der Waals surface area contributed by atoms with Gasteiger partial charge in [-0.2, -0.15) is 0 Å². The summed E-state index contributed by atoms with van der Waals surface area (Å²) in [4.78, 5) is 17.3. The Bertz CT molecular complexity index is 2030. The lowest BCUT2D eigenvalue weighted by atomic mass is 9.51. The second kappa shape index (κ2) is 17.8. The van der Waals surface area contributed by atoms with Gasteiger partial charge in [0.1, 0.15) is 23.4 Å². The molecule has 4 aromatic rings. The molecule has 58 heavy (non-hydrogen) atoms. The van der Waals surface area contributed by atoms with Crippen LogP contribution in [0.5, 0.6) is 0 Å². The summed E-state index contributed by atoms with van der Waals surface area (Å²) in [7, 11) is 1.49. The van der Waals surface area contributed by atoms with E-state index in [1.54, 1.807) is 60.7 Å². The molecule has 310 valence electrons. The molecule has 1 spiro atoms. The van der Waals surface area contributed by atoms with E-state index in [1.165, 1.54) is 13.2 Å². The molecule has 2 heterocycles. The average Bonchev–Trinajstić information content (AvgIpc) is 3.52. The van der Waals surface area contributed by atoms with Crippen LogP contribution in [0.1, 0.15) is 71.9 Å². The van der Waals surface area contributed by atoms with Gasteiger partial charge in [0.15, 0.2) is 0 Å². The first-order valence-electron chi connectivity index (χ1n) is 19.4. The van der Waals surface area contributed by atoms with E-state index >= 15 is 22.4 Å². The van der Waals surface area contributed by atoms with Gasteiger partial charge in [-0.25, -0.2) is 8.78 Å². The van der Waals surface area contributed by atoms with Crippen molar-refractivity contribution in [1.82, 2.24) is 10.2 Å². The summed E-state index contributed by atoms with van der Waals surface area (Å²) in [5, 5.41) is 28.3. The van der Waals surface area contributed by atoms with Crippen LogP contribution in [-0.4, -0.2) is 85.2 Å². The second-order valence-corrected chi connectivity index (χ2v) is 16.6. The molecule has 2 saturated heterocycles. The minimum absolute atomic E-state index is 0.0247. The molecular weight excluding hydrogens is 797 g/mol. The van der Waals surface area contributed by atoms with Gasteiger partial charge in [-0.05, 0) is 66.1 Å². The summed E-state index contributed by atoms with van der Waals surface area (Å²) in [6.07, 6.45) is -1.05. The fourth-order valence-corrected chi connectivity index (χ4v) is 10.1. The fraction of sp³-hybridized carbons (Fsp3) is 0.432. The third-order valence-corrected chi connectivity index (χ3v) is 12.9. The third-order valence-electron chi connectivity index (χ3n) is 12.3. The van der Waals surface area contributed by atoms with Gasteiger partial charge in [-0.15, -0.1) is 0 Å². The van der Waals surface area contributed by atoms with Crippen LogP contribution in [-0.2, 0) is 14.3 Å². The number of alkyl halides is 2. The van der Waals surface area contributed by atoms with Crippen LogP contribution in [0.3, 0.4) is 0 Å². The predicted octanol–water partition coefficient (Wildman–Crippen LogP) is 8.43. The van der Waals surface area contributed by atoms with Crippen LogP contribution in [0.15, 0.2) is 91.0 Å². The van der Waals surface area contributed by atoms with Gasteiger partial charge in [0, 0.05) is 40.6 Å². The molecule has 7 atom stereocenters. The van der Waals surface area contributed by atoms with Crippen LogP contribution in [0.4, 0.5) is 23.2 Å². The molecule has 0 aromatic heterocycles. The lowest BCUT2D eigenvalue weighted by Crippen LogP contribution is -2.66. The maximum Gasteiger partial charge on any atom is 0.238 e. The Labute approximate surface area is 345 Å². The molecule has 2 aliphatic heterocycles. The van der Waals surface area contributed by atoms with Crippen LogP contribution < -0.4 is 10.6 Å². The molecule has 1 unspecified atom stereocenters. The number of likely N-dealkylation sites (tertiary alicyclic amines) is 1. The van der Waals surface area contributed by atoms with E-state index in [2.05, 4.69) is 10.6 Å². The normalized spacial score (nSPS) is 24.9. The van der Waals surface area contributed by atoms with Crippen molar-refractivity contribution < 1.29 is 42.0 Å². The average molecular weight is 845 g/mol. The van der Waals surface area contributed by atoms with Gasteiger partial charge in [0.2, 0.25) is 5.91 Å². The lowest BCUT2D eigenvalue weighted by Gasteiger charge is -2.61. The SMILES string of the molecule is COCNc1cc(Cl)ccc1C1[C@@H](c2ccc(F)c(Cl)c2F)[C@H](C(=O)N[C@@H]2CC[C@@H](CO)OC2)N([C@H](c2ccccc2)[C@@H](O)c2ccccc2)C12CC(CF)(CF)C2. The number of carbonyl (C=O) groups is 1. The van der Waals surface area contributed by atoms with Gasteiger partial charge >= 0.3 is 0 Å². The molecule has 7 rings (SSSR count). The first-order chi connectivity index (χ1) is 28.0. The molecule has 4 aromatic carbocycles. The van der Waals surface area contributed by atoms with Gasteiger partial charge in [0.25, 0.3) is 0 Å². The number of carbonyl (C=O) groups excluding carboxylic acids is 1. The van der Waals surface area contributed by atoms with E-state index in [1.807, 2.05) is 23.1 Å². The number of methoxy groups -OCH3 is 1. The van der Waals surface area contributed by atoms with Crippen molar-refractivity contribution in [2.75, 3.05) is 45.7 Å². The maximum atomic E-state index is 16.9. The van der Waals surface area contributed by atoms with Crippen LogP contribution in [0.2, 0.25) is 10.0 Å². The summed E-state index contributed by atoms with van der Waals surface area (Å²) >= 11 is 12.9. The number of hydrogen-bond acceptors (Lipinski definition) is 7. The zero-order chi connectivity index (χ0) is 41.2. The van der Waals surface area contributed by atoms with Crippen molar-refractivity contribution in [2.45, 2.75) is 73.4 Å². The first-order valence-corrected chi connectivity index (χ1v) is 20.1. The van der Waals surface area contributed by atoms with Crippen molar-refractivity contribution in [3.05, 3.63) is 135 Å². The van der Waals surface area contributed by atoms with Gasteiger partial charge in [-0.1, -0.05) is 96.0 Å². The molecule has 14 heteroatoms. The van der Waals surface area contributed by atoms with E-state index in [-0.39, 0.29) is 38.3 Å². The zero-order valence-corrected chi connectivity index (χ0v) is 33.4. The van der Waals surface area contributed by atoms with E-state index in [0.717, 1.165) is 6.07 Å². The molecule has 1 aliphatic carbocycles. The first kappa shape index (κ1) is 42.4. The Balaban J connectivity index is 1.54. The molecule has 0 bridgehead atoms. The summed E-state index contributed by atoms with van der Waals surface area (Å²) in [6, 6.07) is 22.3. The monoisotopic (exact) mass is 843 g/mol. The number of amides is 1. The largest absolute Gasteiger partial charge is 0.394 e. The highest BCUT2D eigenvalue weighted by molar-refractivity contribution is 6.31. The number of nitrogens with zero attached hydrogens (tertiary/aromatic N) is 1. The summed E-state index contributed by atoms with van der Waals surface area (Å²) in [6.45, 7) is -2.10. The topological polar surface area (TPSA) is 103 Å². The number of anilines is 1. The number of halogens is 6. The summed E-state index contributed by atoms with van der Waals surface area (Å²) in [5.74, 6) is -4.79. The van der Waals surface area contributed by atoms with E-state index in [9.17, 15) is 10.2 Å². The highest BCUT2D eigenvalue weighted by Gasteiger charge is 2.72. The minimum Gasteiger partial charge on any atom is -0.394 e. The number of aliphatic hydroxyl groups is 2. The smallest absolute Gasteiger partial charge is 0.238 e. The van der Waals surface area contributed by atoms with Crippen LogP contribution >= 0.6 is 23.2 Å². The zero-order valence-electron chi connectivity index (χ0n) is 31.9. The van der Waals surface area contributed by atoms with Crippen molar-refractivity contribution in [2.24, 2.45) is 5.41 Å². The van der Waals surface area contributed by atoms with Crippen molar-refractivity contribution in [3.8, 4) is 0 Å². The molecule has 0 radical (unpaired) electrons. The van der Waals surface area contributed by atoms with Crippen molar-refractivity contribution in [3.63, 3.8) is 0 Å². The van der Waals surface area contributed by atoms with Crippen LogP contribution in [0, 0.1) is 17.0 Å². The highest BCUT2D eigenvalue weighted by atomic mass is 35.5. The van der Waals surface area contributed by atoms with E-state index < -0.39 is 89.0 Å². The molecule has 1 amide bonds. The van der Waals surface area contributed by atoms with Gasteiger partial charge in [-0.3, -0.25) is 18.5 Å². The summed E-state index contributed by atoms with van der Waals surface area (Å²) < 4.78 is 73.6. The third kappa shape index (κ3) is 7.85. The number of nitrogens with one attached hydrogen (secondary N) is 2. The lowest BCUT2D eigenvalue weighted by molar-refractivity contribution is -0.152. The fourth-order valence-electron chi connectivity index (χ4n) is 9.80. The number of benzene rings is 4. The summed E-state index contributed by atoms with van der Waals surface area (Å²) in [5.41, 5.74) is -0.813. The highest BCUT2D eigenvalue weighted by Crippen LogP contribution is 2.70. The van der Waals surface area contributed by atoms with E-state index in [0.29, 0.717) is 40.2 Å². The Hall–Kier alpha value is -3.75. The minimum atomic E-state index is -1.46. The molecule has 3 fully saturated rings. The van der Waals surface area contributed by atoms with Crippen molar-refractivity contribution >= 4 is 34.8 Å². The molecule has 3 aliphatic rings. The number of aliphatic hydroxyl groups excluding tert-OH is 2. The molecular formula is C44H47Cl2F4N3O5. The Morgan fingerprint density at radius 3 is 2.21 bits per heavy atom. The van der Waals surface area contributed by atoms with Gasteiger partial charge < -0.3 is 30.3 Å². The standard InChI is InChI=1S/C44H47Cl2F4N3O5/c1-57-25-51-34-18-28(45)12-15-31(34)36-35(32-16-17-33(49)37(46)38(32)50)40(42(56)52-29-13-14-30(19-54)58-20-29)53(44(36)21-43(22-44,23-47)24-48)39(26-8-4-2-5-9-26)41(55)27-10-6-3-7-11-27/h2-12,15-18,29-30,35-36,39-41,51,54-55H,13-14,19-25H2,1H3,(H,52,56)/t29-,30+,35-,36?,39-,40-,41+/m1/s1. The van der Waals surface area contributed by atoms with Crippen LogP contribution in [0.25, 0.3) is 0 Å². The number of rotatable bonds is 14. The number of hydrogen-bond donors (Lipinski definition) is 4. The molecule has 8 nitrogen and oxygen atoms in total. The van der Waals surface area contributed by atoms with Crippen molar-refractivity contribution in [1.29, 1.82) is 0 Å². The second-order valence-electron chi connectivity index (χ2n) is 15.8.